The lowest BCUT2D eigenvalue weighted by Gasteiger charge is -2.64. The molecule has 154 valence electrons. The van der Waals surface area contributed by atoms with Gasteiger partial charge in [-0.05, 0) is 56.2 Å². The minimum Gasteiger partial charge on any atom is -0.493 e. The Morgan fingerprint density at radius 3 is 2.75 bits per heavy atom. The molecule has 4 nitrogen and oxygen atoms in total. The Labute approximate surface area is 169 Å². The normalized spacial score (nSPS) is 39.6. The maximum Gasteiger partial charge on any atom is 0.285 e. The summed E-state index contributed by atoms with van der Waals surface area (Å²) < 4.78 is 41.5. The summed E-state index contributed by atoms with van der Waals surface area (Å²) in [7, 11) is 1.54. The minimum atomic E-state index is -2.95. The van der Waals surface area contributed by atoms with Crippen LogP contribution in [0.3, 0.4) is 0 Å². The maximum atomic E-state index is 15.1. The third-order valence-electron chi connectivity index (χ3n) is 7.94. The van der Waals surface area contributed by atoms with E-state index in [4.69, 9.17) is 9.47 Å². The second-order valence-electron chi connectivity index (χ2n) is 9.19. The Kier molecular flexibility index (Phi) is 3.87. The molecule has 0 radical (unpaired) electrons. The van der Waals surface area contributed by atoms with Gasteiger partial charge in [-0.2, -0.15) is 0 Å². The van der Waals surface area contributed by atoms with Gasteiger partial charge < -0.3 is 14.6 Å². The van der Waals surface area contributed by atoms with Crippen molar-refractivity contribution in [2.24, 2.45) is 5.92 Å². The van der Waals surface area contributed by atoms with Crippen molar-refractivity contribution in [3.63, 3.8) is 0 Å². The quantitative estimate of drug-likeness (QED) is 0.825. The monoisotopic (exact) mass is 413 g/mol. The number of alkyl halides is 2. The minimum absolute atomic E-state index is 0. The molecular formula is C21H26ClF2NO3. The number of rotatable bonds is 3. The number of benzene rings is 1. The van der Waals surface area contributed by atoms with Crippen molar-refractivity contribution in [1.29, 1.82) is 0 Å². The van der Waals surface area contributed by atoms with E-state index in [1.807, 2.05) is 12.1 Å². The fraction of sp³-hybridized carbons (Fsp3) is 0.714. The fourth-order valence-electron chi connectivity index (χ4n) is 6.56. The molecule has 2 bridgehead atoms. The van der Waals surface area contributed by atoms with Crippen LogP contribution in [0.5, 0.6) is 11.5 Å². The van der Waals surface area contributed by atoms with E-state index in [9.17, 15) is 5.11 Å². The molecule has 0 aromatic heterocycles. The zero-order valence-electron chi connectivity index (χ0n) is 15.9. The average Bonchev–Trinajstić information content (AvgIpc) is 3.37. The SMILES string of the molecule is COc1ccc2c3c1OC1C(F)(F)CC[C@@]4(O)[C@@H](C2)N(CC2CC2)CC[C@]314.Cl. The first-order valence-electron chi connectivity index (χ1n) is 10.1. The van der Waals surface area contributed by atoms with Crippen molar-refractivity contribution in [2.45, 2.75) is 67.6 Å². The Hall–Kier alpha value is -1.11. The highest BCUT2D eigenvalue weighted by Crippen LogP contribution is 2.68. The molecule has 1 aromatic carbocycles. The van der Waals surface area contributed by atoms with E-state index in [2.05, 4.69) is 4.90 Å². The highest BCUT2D eigenvalue weighted by molar-refractivity contribution is 5.85. The van der Waals surface area contributed by atoms with Gasteiger partial charge >= 0.3 is 0 Å². The Balaban J connectivity index is 0.00000171. The largest absolute Gasteiger partial charge is 0.493 e. The molecule has 1 unspecified atom stereocenters. The molecule has 1 N–H and O–H groups in total. The first-order chi connectivity index (χ1) is 12.9. The zero-order chi connectivity index (χ0) is 18.6. The molecule has 1 aromatic rings. The van der Waals surface area contributed by atoms with Crippen LogP contribution in [-0.2, 0) is 11.8 Å². The summed E-state index contributed by atoms with van der Waals surface area (Å²) in [6.07, 6.45) is 2.19. The highest BCUT2D eigenvalue weighted by atomic mass is 35.5. The molecular weight excluding hydrogens is 388 g/mol. The van der Waals surface area contributed by atoms with Gasteiger partial charge in [-0.3, -0.25) is 4.90 Å². The summed E-state index contributed by atoms with van der Waals surface area (Å²) in [5.41, 5.74) is -0.356. The summed E-state index contributed by atoms with van der Waals surface area (Å²) in [4.78, 5) is 2.38. The van der Waals surface area contributed by atoms with Gasteiger partial charge in [0.2, 0.25) is 0 Å². The molecule has 2 heterocycles. The second-order valence-corrected chi connectivity index (χ2v) is 9.19. The third kappa shape index (κ3) is 2.07. The van der Waals surface area contributed by atoms with Crippen molar-refractivity contribution < 1.29 is 23.4 Å². The lowest BCUT2D eigenvalue weighted by atomic mass is 9.48. The number of hydrogen-bond acceptors (Lipinski definition) is 4. The van der Waals surface area contributed by atoms with E-state index < -0.39 is 23.0 Å². The average molecular weight is 414 g/mol. The summed E-state index contributed by atoms with van der Waals surface area (Å²) in [6, 6.07) is 3.71. The van der Waals surface area contributed by atoms with Gasteiger partial charge in [-0.25, -0.2) is 8.78 Å². The molecule has 7 heteroatoms. The number of ether oxygens (including phenoxy) is 2. The maximum absolute atomic E-state index is 15.1. The molecule has 4 atom stereocenters. The van der Waals surface area contributed by atoms with Gasteiger partial charge in [0.25, 0.3) is 5.92 Å². The second kappa shape index (κ2) is 5.73. The van der Waals surface area contributed by atoms with Crippen molar-refractivity contribution in [1.82, 2.24) is 4.90 Å². The van der Waals surface area contributed by atoms with E-state index >= 15 is 8.78 Å². The number of hydrogen-bond donors (Lipinski definition) is 1. The molecule has 0 amide bonds. The summed E-state index contributed by atoms with van der Waals surface area (Å²) in [5, 5.41) is 12.0. The van der Waals surface area contributed by atoms with E-state index in [0.717, 1.165) is 24.2 Å². The van der Waals surface area contributed by atoms with E-state index in [1.165, 1.54) is 20.0 Å². The molecule has 5 aliphatic rings. The molecule has 2 aliphatic heterocycles. The number of nitrogens with zero attached hydrogens (tertiary/aromatic N) is 1. The van der Waals surface area contributed by atoms with E-state index in [-0.39, 0.29) is 31.3 Å². The molecule has 2 saturated carbocycles. The van der Waals surface area contributed by atoms with Gasteiger partial charge in [0.05, 0.1) is 18.1 Å². The molecule has 28 heavy (non-hydrogen) atoms. The van der Waals surface area contributed by atoms with Gasteiger partial charge in [0.15, 0.2) is 17.6 Å². The number of likely N-dealkylation sites (tertiary alicyclic amines) is 1. The first-order valence-corrected chi connectivity index (χ1v) is 10.1. The summed E-state index contributed by atoms with van der Waals surface area (Å²) in [5.74, 6) is -1.31. The third-order valence-corrected chi connectivity index (χ3v) is 7.94. The predicted octanol–water partition coefficient (Wildman–Crippen LogP) is 3.32. The van der Waals surface area contributed by atoms with Crippen molar-refractivity contribution >= 4 is 12.4 Å². The lowest BCUT2D eigenvalue weighted by Crippen LogP contribution is -2.78. The van der Waals surface area contributed by atoms with Crippen LogP contribution in [0.25, 0.3) is 0 Å². The molecule has 1 saturated heterocycles. The standard InChI is InChI=1S/C21H25F2NO3.ClH/c1-26-14-5-4-13-10-15-20(25)6-7-21(22,23)18-19(20,16(13)17(14)27-18)8-9-24(15)11-12-2-3-12;/h4-5,12,15,18,25H,2-3,6-11H2,1H3;1H/t15-,18?,19+,20-;/m1./s1. The zero-order valence-corrected chi connectivity index (χ0v) is 16.7. The van der Waals surface area contributed by atoms with Crippen LogP contribution in [0, 0.1) is 5.92 Å². The van der Waals surface area contributed by atoms with Crippen LogP contribution < -0.4 is 9.47 Å². The van der Waals surface area contributed by atoms with Gasteiger partial charge in [0.1, 0.15) is 0 Å². The summed E-state index contributed by atoms with van der Waals surface area (Å²) in [6.45, 7) is 1.72. The van der Waals surface area contributed by atoms with Gasteiger partial charge in [-0.1, -0.05) is 6.07 Å². The van der Waals surface area contributed by atoms with E-state index in [0.29, 0.717) is 30.3 Å². The van der Waals surface area contributed by atoms with E-state index in [1.54, 1.807) is 0 Å². The Morgan fingerprint density at radius 1 is 1.25 bits per heavy atom. The number of methoxy groups -OCH3 is 1. The van der Waals surface area contributed by atoms with Crippen molar-refractivity contribution in [3.8, 4) is 11.5 Å². The topological polar surface area (TPSA) is 41.9 Å². The molecule has 3 aliphatic carbocycles. The fourth-order valence-corrected chi connectivity index (χ4v) is 6.56. The Bertz CT molecular complexity index is 832. The smallest absolute Gasteiger partial charge is 0.285 e. The van der Waals surface area contributed by atoms with Crippen LogP contribution in [0.1, 0.15) is 43.2 Å². The molecule has 1 spiro atoms. The lowest BCUT2D eigenvalue weighted by molar-refractivity contribution is -0.248. The van der Waals surface area contributed by atoms with Crippen LogP contribution in [0.15, 0.2) is 12.1 Å². The van der Waals surface area contributed by atoms with Crippen LogP contribution in [0.4, 0.5) is 8.78 Å². The summed E-state index contributed by atoms with van der Waals surface area (Å²) >= 11 is 0. The predicted molar refractivity (Wildman–Crippen MR) is 102 cm³/mol. The number of aliphatic hydroxyl groups is 1. The first kappa shape index (κ1) is 18.9. The van der Waals surface area contributed by atoms with Crippen molar-refractivity contribution in [3.05, 3.63) is 23.3 Å². The molecule has 6 rings (SSSR count). The Morgan fingerprint density at radius 2 is 2.04 bits per heavy atom. The van der Waals surface area contributed by atoms with Gasteiger partial charge in [-0.15, -0.1) is 12.4 Å². The van der Waals surface area contributed by atoms with Crippen molar-refractivity contribution in [2.75, 3.05) is 20.2 Å². The number of halogens is 3. The highest BCUT2D eigenvalue weighted by Gasteiger charge is 2.77. The van der Waals surface area contributed by atoms with Crippen LogP contribution >= 0.6 is 12.4 Å². The van der Waals surface area contributed by atoms with Gasteiger partial charge in [0, 0.05) is 24.6 Å². The van der Waals surface area contributed by atoms with Crippen LogP contribution in [-0.4, -0.2) is 53.9 Å². The van der Waals surface area contributed by atoms with Crippen LogP contribution in [0.2, 0.25) is 0 Å². The number of piperidine rings is 1. The molecule has 3 fully saturated rings.